The van der Waals surface area contributed by atoms with Gasteiger partial charge in [0.2, 0.25) is 5.91 Å². The van der Waals surface area contributed by atoms with Crippen molar-refractivity contribution in [3.8, 4) is 11.5 Å². The third-order valence-electron chi connectivity index (χ3n) is 4.22. The topological polar surface area (TPSA) is 75.2 Å². The molecule has 1 aromatic carbocycles. The van der Waals surface area contributed by atoms with Gasteiger partial charge in [0.1, 0.15) is 11.5 Å². The minimum absolute atomic E-state index is 0. The Kier molecular flexibility index (Phi) is 13.4. The maximum Gasteiger partial charge on any atom is 0.222 e. The summed E-state index contributed by atoms with van der Waals surface area (Å²) in [5, 5.41) is 6.23. The first-order valence-electron chi connectivity index (χ1n) is 9.44. The molecule has 1 amide bonds. The molecule has 0 aromatic heterocycles. The summed E-state index contributed by atoms with van der Waals surface area (Å²) in [6, 6.07) is 5.96. The Morgan fingerprint density at radius 2 is 1.96 bits per heavy atom. The highest BCUT2D eigenvalue weighted by molar-refractivity contribution is 14.0. The minimum atomic E-state index is 0. The van der Waals surface area contributed by atoms with Crippen molar-refractivity contribution < 1.29 is 14.3 Å². The molecule has 0 radical (unpaired) electrons. The van der Waals surface area contributed by atoms with E-state index in [2.05, 4.69) is 22.5 Å². The van der Waals surface area contributed by atoms with Gasteiger partial charge in [0.05, 0.1) is 20.8 Å². The van der Waals surface area contributed by atoms with Crippen LogP contribution < -0.4 is 20.1 Å². The molecule has 1 unspecified atom stereocenters. The van der Waals surface area contributed by atoms with E-state index >= 15 is 0 Å². The lowest BCUT2D eigenvalue weighted by Crippen LogP contribution is -2.39. The van der Waals surface area contributed by atoms with Crippen LogP contribution in [0.5, 0.6) is 11.5 Å². The monoisotopic (exact) mass is 506 g/mol. The molecule has 160 valence electrons. The minimum Gasteiger partial charge on any atom is -0.497 e. The van der Waals surface area contributed by atoms with Gasteiger partial charge in [-0.2, -0.15) is 0 Å². The normalized spacial score (nSPS) is 11.9. The van der Waals surface area contributed by atoms with Crippen molar-refractivity contribution >= 4 is 35.8 Å². The smallest absolute Gasteiger partial charge is 0.222 e. The van der Waals surface area contributed by atoms with Crippen LogP contribution >= 0.6 is 24.0 Å². The summed E-state index contributed by atoms with van der Waals surface area (Å²) >= 11 is 0. The number of guanidine groups is 1. The molecule has 0 saturated carbocycles. The number of carbonyl (C=O) groups excluding carboxylic acids is 1. The van der Waals surface area contributed by atoms with Gasteiger partial charge >= 0.3 is 0 Å². The average molecular weight is 506 g/mol. The van der Waals surface area contributed by atoms with Crippen molar-refractivity contribution in [3.63, 3.8) is 0 Å². The molecule has 0 aliphatic carbocycles. The molecule has 0 fully saturated rings. The van der Waals surface area contributed by atoms with Crippen LogP contribution in [0.2, 0.25) is 0 Å². The van der Waals surface area contributed by atoms with Gasteiger partial charge in [-0.3, -0.25) is 9.79 Å². The number of carbonyl (C=O) groups is 1. The lowest BCUT2D eigenvalue weighted by atomic mass is 10.2. The van der Waals surface area contributed by atoms with Gasteiger partial charge in [-0.15, -0.1) is 24.0 Å². The molecule has 0 bridgehead atoms. The summed E-state index contributed by atoms with van der Waals surface area (Å²) in [7, 11) is 5.24. The van der Waals surface area contributed by atoms with Gasteiger partial charge in [0.25, 0.3) is 0 Å². The highest BCUT2D eigenvalue weighted by atomic mass is 127. The van der Waals surface area contributed by atoms with Crippen LogP contribution in [0.4, 0.5) is 0 Å². The predicted molar refractivity (Wildman–Crippen MR) is 125 cm³/mol. The number of hydrogen-bond acceptors (Lipinski definition) is 4. The lowest BCUT2D eigenvalue weighted by Gasteiger charge is -2.23. The van der Waals surface area contributed by atoms with Gasteiger partial charge in [-0.1, -0.05) is 6.92 Å². The summed E-state index contributed by atoms with van der Waals surface area (Å²) in [4.78, 5) is 18.5. The predicted octanol–water partition coefficient (Wildman–Crippen LogP) is 3.02. The van der Waals surface area contributed by atoms with Gasteiger partial charge < -0.3 is 25.0 Å². The standard InChI is InChI=1S/C20H34N4O3.HI/c1-7-15(3)23-19(25)11-12-22-20(21-8-2)24(4)14-16-9-10-17(26-5)13-18(16)27-6;/h9-10,13,15H,7-8,11-12,14H2,1-6H3,(H,21,22)(H,23,25);1H. The van der Waals surface area contributed by atoms with E-state index in [1.807, 2.05) is 44.0 Å². The number of hydrogen-bond donors (Lipinski definition) is 2. The zero-order valence-corrected chi connectivity index (χ0v) is 20.2. The molecule has 28 heavy (non-hydrogen) atoms. The SMILES string of the molecule is CCNC(=NCCC(=O)NC(C)CC)N(C)Cc1ccc(OC)cc1OC.I. The number of methoxy groups -OCH3 is 2. The molecule has 0 aliphatic heterocycles. The Morgan fingerprint density at radius 1 is 1.25 bits per heavy atom. The van der Waals surface area contributed by atoms with Crippen molar-refractivity contribution in [2.24, 2.45) is 4.99 Å². The Labute approximate surface area is 186 Å². The number of benzene rings is 1. The van der Waals surface area contributed by atoms with E-state index in [4.69, 9.17) is 9.47 Å². The van der Waals surface area contributed by atoms with E-state index in [1.54, 1.807) is 14.2 Å². The first kappa shape index (κ1) is 26.3. The van der Waals surface area contributed by atoms with Gasteiger partial charge in [0.15, 0.2) is 5.96 Å². The fourth-order valence-corrected chi connectivity index (χ4v) is 2.49. The summed E-state index contributed by atoms with van der Waals surface area (Å²) in [5.74, 6) is 2.31. The number of amides is 1. The summed E-state index contributed by atoms with van der Waals surface area (Å²) in [5.41, 5.74) is 1.03. The second-order valence-electron chi connectivity index (χ2n) is 6.40. The van der Waals surface area contributed by atoms with Crippen molar-refractivity contribution in [2.75, 3.05) is 34.4 Å². The number of rotatable bonds is 10. The zero-order valence-electron chi connectivity index (χ0n) is 17.9. The van der Waals surface area contributed by atoms with E-state index in [-0.39, 0.29) is 35.9 Å². The van der Waals surface area contributed by atoms with Crippen molar-refractivity contribution in [1.82, 2.24) is 15.5 Å². The fourth-order valence-electron chi connectivity index (χ4n) is 2.49. The average Bonchev–Trinajstić information content (AvgIpc) is 2.67. The zero-order chi connectivity index (χ0) is 20.2. The summed E-state index contributed by atoms with van der Waals surface area (Å²) in [6.07, 6.45) is 1.29. The molecular weight excluding hydrogens is 471 g/mol. The second kappa shape index (κ2) is 14.3. The summed E-state index contributed by atoms with van der Waals surface area (Å²) < 4.78 is 10.7. The van der Waals surface area contributed by atoms with Gasteiger partial charge in [-0.25, -0.2) is 0 Å². The van der Waals surface area contributed by atoms with Crippen LogP contribution in [0, 0.1) is 0 Å². The molecule has 0 aliphatic rings. The Hall–Kier alpha value is -1.71. The van der Waals surface area contributed by atoms with Crippen molar-refractivity contribution in [1.29, 1.82) is 0 Å². The first-order chi connectivity index (χ1) is 12.9. The van der Waals surface area contributed by atoms with Crippen LogP contribution in [-0.4, -0.2) is 57.2 Å². The van der Waals surface area contributed by atoms with E-state index in [1.165, 1.54) is 0 Å². The summed E-state index contributed by atoms with van der Waals surface area (Å²) in [6.45, 7) is 7.89. The Morgan fingerprint density at radius 3 is 2.54 bits per heavy atom. The Bertz CT molecular complexity index is 625. The molecule has 1 atom stereocenters. The molecule has 2 N–H and O–H groups in total. The third kappa shape index (κ3) is 8.99. The van der Waals surface area contributed by atoms with Gasteiger partial charge in [0, 0.05) is 44.2 Å². The van der Waals surface area contributed by atoms with Gasteiger partial charge in [-0.05, 0) is 32.4 Å². The Balaban J connectivity index is 0.00000729. The quantitative estimate of drug-likeness (QED) is 0.290. The van der Waals surface area contributed by atoms with E-state index in [0.29, 0.717) is 19.5 Å². The second-order valence-corrected chi connectivity index (χ2v) is 6.40. The molecule has 1 aromatic rings. The first-order valence-corrected chi connectivity index (χ1v) is 9.44. The maximum absolute atomic E-state index is 11.9. The molecule has 8 heteroatoms. The number of aliphatic imine (C=N–C) groups is 1. The molecular formula is C20H35IN4O3. The number of halogens is 1. The van der Waals surface area contributed by atoms with Crippen molar-refractivity contribution in [3.05, 3.63) is 23.8 Å². The maximum atomic E-state index is 11.9. The number of nitrogens with zero attached hydrogens (tertiary/aromatic N) is 2. The van der Waals surface area contributed by atoms with E-state index in [0.717, 1.165) is 36.0 Å². The van der Waals surface area contributed by atoms with Crippen LogP contribution in [0.1, 0.15) is 39.2 Å². The van der Waals surface area contributed by atoms with Crippen LogP contribution in [0.25, 0.3) is 0 Å². The fraction of sp³-hybridized carbons (Fsp3) is 0.600. The highest BCUT2D eigenvalue weighted by Crippen LogP contribution is 2.25. The molecule has 0 saturated heterocycles. The molecule has 7 nitrogen and oxygen atoms in total. The van der Waals surface area contributed by atoms with Crippen LogP contribution in [0.15, 0.2) is 23.2 Å². The van der Waals surface area contributed by atoms with Crippen LogP contribution in [0.3, 0.4) is 0 Å². The number of ether oxygens (including phenoxy) is 2. The molecule has 0 heterocycles. The molecule has 1 rings (SSSR count). The van der Waals surface area contributed by atoms with E-state index < -0.39 is 0 Å². The number of nitrogens with one attached hydrogen (secondary N) is 2. The van der Waals surface area contributed by atoms with E-state index in [9.17, 15) is 4.79 Å². The van der Waals surface area contributed by atoms with Crippen LogP contribution in [-0.2, 0) is 11.3 Å². The highest BCUT2D eigenvalue weighted by Gasteiger charge is 2.12. The largest absolute Gasteiger partial charge is 0.497 e. The van der Waals surface area contributed by atoms with Crippen molar-refractivity contribution in [2.45, 2.75) is 46.2 Å². The third-order valence-corrected chi connectivity index (χ3v) is 4.22. The molecule has 0 spiro atoms. The lowest BCUT2D eigenvalue weighted by molar-refractivity contribution is -0.121.